The lowest BCUT2D eigenvalue weighted by atomic mass is 9.72. The van der Waals surface area contributed by atoms with Crippen LogP contribution in [-0.4, -0.2) is 23.0 Å². The van der Waals surface area contributed by atoms with Crippen LogP contribution in [0.25, 0.3) is 0 Å². The van der Waals surface area contributed by atoms with E-state index in [2.05, 4.69) is 31.2 Å². The van der Waals surface area contributed by atoms with Gasteiger partial charge >= 0.3 is 0 Å². The molecule has 2 aliphatic rings. The van der Waals surface area contributed by atoms with Crippen LogP contribution >= 0.6 is 0 Å². The number of nitrogens with two attached hydrogens (primary N) is 1. The van der Waals surface area contributed by atoms with Gasteiger partial charge < -0.3 is 10.8 Å². The Hall–Kier alpha value is -1.21. The highest BCUT2D eigenvalue weighted by atomic mass is 32.2. The van der Waals surface area contributed by atoms with E-state index in [4.69, 9.17) is 10.3 Å². The molecule has 5 nitrogen and oxygen atoms in total. The molecular formula is C18H27NO4S. The van der Waals surface area contributed by atoms with E-state index >= 15 is 0 Å². The molecule has 1 fully saturated rings. The lowest BCUT2D eigenvalue weighted by molar-refractivity contribution is -0.0455. The predicted octanol–water partition coefficient (Wildman–Crippen LogP) is 2.95. The van der Waals surface area contributed by atoms with E-state index < -0.39 is 21.0 Å². The molecule has 0 heterocycles. The van der Waals surface area contributed by atoms with E-state index in [0.717, 1.165) is 12.8 Å². The third-order valence-corrected chi connectivity index (χ3v) is 6.36. The van der Waals surface area contributed by atoms with Gasteiger partial charge in [0, 0.05) is 12.0 Å². The Morgan fingerprint density at radius 3 is 2.38 bits per heavy atom. The molecule has 0 spiro atoms. The first-order valence-corrected chi connectivity index (χ1v) is 9.73. The first-order valence-electron chi connectivity index (χ1n) is 8.29. The average molecular weight is 353 g/mol. The maximum Gasteiger partial charge on any atom is 0.295 e. The summed E-state index contributed by atoms with van der Waals surface area (Å²) in [5.41, 5.74) is 9.33. The van der Waals surface area contributed by atoms with Crippen LogP contribution in [0.2, 0.25) is 0 Å². The molecule has 0 radical (unpaired) electrons. The van der Waals surface area contributed by atoms with Crippen molar-refractivity contribution < 1.29 is 18.1 Å². The predicted molar refractivity (Wildman–Crippen MR) is 94.9 cm³/mol. The summed E-state index contributed by atoms with van der Waals surface area (Å²) in [4.78, 5) is -1.91. The summed E-state index contributed by atoms with van der Waals surface area (Å²) in [6.45, 7) is 6.07. The molecule has 1 aromatic rings. The maximum atomic E-state index is 10.9. The average Bonchev–Trinajstić information content (AvgIpc) is 2.84. The number of benzene rings is 1. The Bertz CT molecular complexity index is 709. The molecule has 4 N–H and O–H groups in total. The van der Waals surface area contributed by atoms with Gasteiger partial charge in [-0.3, -0.25) is 4.55 Å². The number of rotatable bonds is 3. The van der Waals surface area contributed by atoms with Crippen molar-refractivity contribution in [3.8, 4) is 0 Å². The number of hydrogen-bond acceptors (Lipinski definition) is 4. The molecule has 1 saturated carbocycles. The minimum atomic E-state index is -4.34. The summed E-state index contributed by atoms with van der Waals surface area (Å²) in [6.07, 6.45) is 3.71. The van der Waals surface area contributed by atoms with Gasteiger partial charge in [-0.25, -0.2) is 0 Å². The van der Waals surface area contributed by atoms with E-state index in [1.165, 1.54) is 16.7 Å². The fraction of sp³-hybridized carbons (Fsp3) is 0.556. The van der Waals surface area contributed by atoms with Crippen molar-refractivity contribution >= 4 is 10.1 Å². The van der Waals surface area contributed by atoms with Gasteiger partial charge in [0.1, 0.15) is 0 Å². The van der Waals surface area contributed by atoms with Gasteiger partial charge in [-0.1, -0.05) is 48.4 Å². The molecule has 4 atom stereocenters. The van der Waals surface area contributed by atoms with Crippen LogP contribution in [-0.2, 0) is 10.1 Å². The normalized spacial score (nSPS) is 29.7. The molecule has 0 unspecified atom stereocenters. The molecule has 3 rings (SSSR count). The second-order valence-corrected chi connectivity index (χ2v) is 8.55. The molecule has 134 valence electrons. The zero-order valence-electron chi connectivity index (χ0n) is 14.4. The molecule has 0 aromatic heterocycles. The van der Waals surface area contributed by atoms with E-state index in [1.807, 2.05) is 19.9 Å². The van der Waals surface area contributed by atoms with E-state index in [1.54, 1.807) is 0 Å². The molecule has 0 amide bonds. The first kappa shape index (κ1) is 19.1. The zero-order valence-corrected chi connectivity index (χ0v) is 15.3. The van der Waals surface area contributed by atoms with Gasteiger partial charge in [0.15, 0.2) is 4.93 Å². The number of fused-ring (bicyclic) bond motifs is 1. The fourth-order valence-electron chi connectivity index (χ4n) is 3.38. The van der Waals surface area contributed by atoms with Crippen molar-refractivity contribution in [2.45, 2.75) is 51.0 Å². The van der Waals surface area contributed by atoms with E-state index in [0.29, 0.717) is 0 Å². The highest BCUT2D eigenvalue weighted by Gasteiger charge is 2.61. The minimum Gasteiger partial charge on any atom is -0.372 e. The van der Waals surface area contributed by atoms with Crippen LogP contribution in [0.15, 0.2) is 35.9 Å². The standard InChI is InChI=1S/C9H13N.C9H14O4S/c1-7-3-5-9(6-4-7)8(2)10;1-2-6-3-7-5-9(10,8(7)4-6)14(11,12)13/h3-6,8H,10H2,1-2H3;4,7-8,10H,2-3,5H2,1H3,(H,11,12,13)/t8-;7-,8-,9-/m11/s1. The molecule has 24 heavy (non-hydrogen) atoms. The molecule has 0 aliphatic heterocycles. The van der Waals surface area contributed by atoms with Crippen LogP contribution in [0.1, 0.15) is 50.3 Å². The monoisotopic (exact) mass is 353 g/mol. The minimum absolute atomic E-state index is 0.153. The van der Waals surface area contributed by atoms with Crippen molar-refractivity contribution in [3.63, 3.8) is 0 Å². The van der Waals surface area contributed by atoms with Crippen LogP contribution in [0.4, 0.5) is 0 Å². The lowest BCUT2D eigenvalue weighted by Gasteiger charge is -2.45. The Kier molecular flexibility index (Phi) is 5.54. The second-order valence-electron chi connectivity index (χ2n) is 6.89. The Balaban J connectivity index is 0.000000185. The van der Waals surface area contributed by atoms with Crippen LogP contribution in [0.3, 0.4) is 0 Å². The summed E-state index contributed by atoms with van der Waals surface area (Å²) >= 11 is 0. The number of aryl methyl sites for hydroxylation is 1. The zero-order chi connectivity index (χ0) is 18.1. The molecule has 2 aliphatic carbocycles. The van der Waals surface area contributed by atoms with Crippen molar-refractivity contribution in [1.29, 1.82) is 0 Å². The third kappa shape index (κ3) is 3.72. The summed E-state index contributed by atoms with van der Waals surface area (Å²) in [5.74, 6) is -0.190. The van der Waals surface area contributed by atoms with Gasteiger partial charge in [-0.2, -0.15) is 8.42 Å². The summed E-state index contributed by atoms with van der Waals surface area (Å²) in [6, 6.07) is 8.46. The summed E-state index contributed by atoms with van der Waals surface area (Å²) in [5, 5.41) is 9.75. The molecule has 0 saturated heterocycles. The quantitative estimate of drug-likeness (QED) is 0.573. The van der Waals surface area contributed by atoms with Gasteiger partial charge in [0.05, 0.1) is 0 Å². The van der Waals surface area contributed by atoms with Gasteiger partial charge in [-0.05, 0) is 44.6 Å². The van der Waals surface area contributed by atoms with Crippen molar-refractivity contribution in [3.05, 3.63) is 47.0 Å². The smallest absolute Gasteiger partial charge is 0.295 e. The van der Waals surface area contributed by atoms with Crippen molar-refractivity contribution in [2.75, 3.05) is 0 Å². The third-order valence-electron chi connectivity index (χ3n) is 5.03. The van der Waals surface area contributed by atoms with Crippen molar-refractivity contribution in [2.24, 2.45) is 17.6 Å². The topological polar surface area (TPSA) is 101 Å². The largest absolute Gasteiger partial charge is 0.372 e. The number of aliphatic hydroxyl groups is 1. The van der Waals surface area contributed by atoms with Gasteiger partial charge in [0.25, 0.3) is 10.1 Å². The van der Waals surface area contributed by atoms with Crippen molar-refractivity contribution in [1.82, 2.24) is 0 Å². The van der Waals surface area contributed by atoms with E-state index in [9.17, 15) is 13.5 Å². The Morgan fingerprint density at radius 1 is 1.33 bits per heavy atom. The first-order chi connectivity index (χ1) is 11.1. The fourth-order valence-corrected chi connectivity index (χ4v) is 4.41. The summed E-state index contributed by atoms with van der Waals surface area (Å²) < 4.78 is 30.8. The van der Waals surface area contributed by atoms with Crippen LogP contribution < -0.4 is 5.73 Å². The Labute approximate surface area is 144 Å². The molecule has 1 aromatic carbocycles. The second kappa shape index (κ2) is 6.96. The van der Waals surface area contributed by atoms with Crippen LogP contribution in [0.5, 0.6) is 0 Å². The number of hydrogen-bond donors (Lipinski definition) is 3. The van der Waals surface area contributed by atoms with Crippen LogP contribution in [0, 0.1) is 18.8 Å². The molecule has 6 heteroatoms. The molecular weight excluding hydrogens is 326 g/mol. The van der Waals surface area contributed by atoms with Gasteiger partial charge in [-0.15, -0.1) is 0 Å². The maximum absolute atomic E-state index is 10.9. The Morgan fingerprint density at radius 2 is 1.92 bits per heavy atom. The number of allylic oxidation sites excluding steroid dienone is 1. The molecule has 0 bridgehead atoms. The highest BCUT2D eigenvalue weighted by Crippen LogP contribution is 2.54. The van der Waals surface area contributed by atoms with E-state index in [-0.39, 0.29) is 18.4 Å². The SMILES string of the molecule is CCC1=C[C@@H]2[C@H](C1)C[C@@]2(O)S(=O)(=O)O.Cc1ccc([C@@H](C)N)cc1. The lowest BCUT2D eigenvalue weighted by Crippen LogP contribution is -2.56. The summed E-state index contributed by atoms with van der Waals surface area (Å²) in [7, 11) is -4.34. The van der Waals surface area contributed by atoms with Gasteiger partial charge in [0.2, 0.25) is 0 Å². The highest BCUT2D eigenvalue weighted by molar-refractivity contribution is 7.87.